The van der Waals surface area contributed by atoms with E-state index in [1.165, 1.54) is 19.3 Å². The van der Waals surface area contributed by atoms with E-state index >= 15 is 0 Å². The molecule has 1 aliphatic heterocycles. The number of hydrogen-bond donors (Lipinski definition) is 3. The van der Waals surface area contributed by atoms with Crippen molar-refractivity contribution in [2.45, 2.75) is 76.8 Å². The number of nitrogens with one attached hydrogen (secondary N) is 2. The van der Waals surface area contributed by atoms with Gasteiger partial charge in [0.25, 0.3) is 0 Å². The minimum Gasteiger partial charge on any atom is -0.481 e. The summed E-state index contributed by atoms with van der Waals surface area (Å²) in [6, 6.07) is -0.143. The standard InChI is InChI=1S/C18H31N3O4/c1-13-15(17(23)24)9-6-12-21(13)16(22)10-5-11-19-18(25)20-14-7-3-2-4-8-14/h13-15H,2-12H2,1H3,(H,23,24)(H2,19,20,25)/t13-,15-/m1/s1. The van der Waals surface area contributed by atoms with Crippen molar-refractivity contribution in [2.75, 3.05) is 13.1 Å². The number of carboxylic acids is 1. The molecule has 0 aromatic rings. The second-order valence-electron chi connectivity index (χ2n) is 7.25. The van der Waals surface area contributed by atoms with E-state index < -0.39 is 11.9 Å². The van der Waals surface area contributed by atoms with Crippen LogP contribution in [0.25, 0.3) is 0 Å². The normalized spacial score (nSPS) is 24.6. The number of carboxylic acid groups (broad SMARTS) is 1. The van der Waals surface area contributed by atoms with E-state index in [2.05, 4.69) is 10.6 Å². The maximum atomic E-state index is 12.3. The number of urea groups is 1. The van der Waals surface area contributed by atoms with Crippen molar-refractivity contribution < 1.29 is 19.5 Å². The van der Waals surface area contributed by atoms with Crippen LogP contribution in [0.2, 0.25) is 0 Å². The Balaban J connectivity index is 1.64. The summed E-state index contributed by atoms with van der Waals surface area (Å²) >= 11 is 0. The van der Waals surface area contributed by atoms with Gasteiger partial charge in [0.2, 0.25) is 5.91 Å². The van der Waals surface area contributed by atoms with Crippen LogP contribution in [0.15, 0.2) is 0 Å². The SMILES string of the molecule is C[C@@H]1[C@H](C(=O)O)CCCN1C(=O)CCCNC(=O)NC1CCCCC1. The number of carbonyl (C=O) groups is 3. The molecular formula is C18H31N3O4. The number of amides is 3. The lowest BCUT2D eigenvalue weighted by molar-refractivity contribution is -0.149. The lowest BCUT2D eigenvalue weighted by Gasteiger charge is -2.37. The number of likely N-dealkylation sites (tertiary alicyclic amines) is 1. The summed E-state index contributed by atoms with van der Waals surface area (Å²) in [6.45, 7) is 2.89. The van der Waals surface area contributed by atoms with Crippen molar-refractivity contribution in [2.24, 2.45) is 5.92 Å². The summed E-state index contributed by atoms with van der Waals surface area (Å²) in [7, 11) is 0. The van der Waals surface area contributed by atoms with Gasteiger partial charge in [-0.2, -0.15) is 0 Å². The first-order valence-electron chi connectivity index (χ1n) is 9.55. The van der Waals surface area contributed by atoms with Crippen LogP contribution in [-0.2, 0) is 9.59 Å². The smallest absolute Gasteiger partial charge is 0.315 e. The third-order valence-corrected chi connectivity index (χ3v) is 5.42. The van der Waals surface area contributed by atoms with Gasteiger partial charge in [0.15, 0.2) is 0 Å². The van der Waals surface area contributed by atoms with E-state index in [4.69, 9.17) is 0 Å². The van der Waals surface area contributed by atoms with Gasteiger partial charge in [0.05, 0.1) is 5.92 Å². The monoisotopic (exact) mass is 353 g/mol. The molecule has 2 aliphatic rings. The number of rotatable bonds is 6. The summed E-state index contributed by atoms with van der Waals surface area (Å²) in [5.41, 5.74) is 0. The molecule has 1 aliphatic carbocycles. The molecule has 0 unspecified atom stereocenters. The molecule has 2 atom stereocenters. The van der Waals surface area contributed by atoms with Gasteiger partial charge in [0, 0.05) is 31.6 Å². The first kappa shape index (κ1) is 19.5. The van der Waals surface area contributed by atoms with Crippen LogP contribution in [-0.4, -0.2) is 53.1 Å². The van der Waals surface area contributed by atoms with Gasteiger partial charge in [-0.15, -0.1) is 0 Å². The third kappa shape index (κ3) is 5.90. The van der Waals surface area contributed by atoms with Gasteiger partial charge < -0.3 is 20.6 Å². The highest BCUT2D eigenvalue weighted by Crippen LogP contribution is 2.24. The van der Waals surface area contributed by atoms with E-state index in [1.54, 1.807) is 4.90 Å². The average Bonchev–Trinajstić information content (AvgIpc) is 2.59. The average molecular weight is 353 g/mol. The topological polar surface area (TPSA) is 98.7 Å². The number of piperidine rings is 1. The third-order valence-electron chi connectivity index (χ3n) is 5.42. The molecule has 0 aromatic carbocycles. The Bertz CT molecular complexity index is 477. The second kappa shape index (κ2) is 9.63. The molecule has 0 spiro atoms. The Labute approximate surface area is 149 Å². The van der Waals surface area contributed by atoms with Crippen LogP contribution in [0, 0.1) is 5.92 Å². The number of nitrogens with zero attached hydrogens (tertiary/aromatic N) is 1. The molecule has 25 heavy (non-hydrogen) atoms. The van der Waals surface area contributed by atoms with Gasteiger partial charge in [-0.3, -0.25) is 9.59 Å². The molecule has 1 heterocycles. The quantitative estimate of drug-likeness (QED) is 0.637. The molecule has 2 fully saturated rings. The fourth-order valence-electron chi connectivity index (χ4n) is 3.89. The second-order valence-corrected chi connectivity index (χ2v) is 7.25. The Hall–Kier alpha value is -1.79. The fourth-order valence-corrected chi connectivity index (χ4v) is 3.89. The summed E-state index contributed by atoms with van der Waals surface area (Å²) in [4.78, 5) is 37.1. The highest BCUT2D eigenvalue weighted by Gasteiger charge is 2.34. The summed E-state index contributed by atoms with van der Waals surface area (Å²) in [5.74, 6) is -1.32. The van der Waals surface area contributed by atoms with Crippen LogP contribution < -0.4 is 10.6 Å². The zero-order valence-corrected chi connectivity index (χ0v) is 15.1. The number of aliphatic carboxylic acids is 1. The maximum Gasteiger partial charge on any atom is 0.315 e. The Morgan fingerprint density at radius 3 is 2.48 bits per heavy atom. The van der Waals surface area contributed by atoms with Crippen molar-refractivity contribution in [1.82, 2.24) is 15.5 Å². The van der Waals surface area contributed by atoms with E-state index in [-0.39, 0.29) is 24.0 Å². The van der Waals surface area contributed by atoms with E-state index in [0.29, 0.717) is 32.4 Å². The van der Waals surface area contributed by atoms with Crippen LogP contribution in [0.4, 0.5) is 4.79 Å². The molecule has 0 bridgehead atoms. The van der Waals surface area contributed by atoms with Gasteiger partial charge in [-0.1, -0.05) is 19.3 Å². The minimum absolute atomic E-state index is 0.0204. The fraction of sp³-hybridized carbons (Fsp3) is 0.833. The Kier molecular flexibility index (Phi) is 7.52. The largest absolute Gasteiger partial charge is 0.481 e. The van der Waals surface area contributed by atoms with E-state index in [1.807, 2.05) is 6.92 Å². The molecule has 2 rings (SSSR count). The van der Waals surface area contributed by atoms with Gasteiger partial charge in [-0.25, -0.2) is 4.79 Å². The molecule has 0 aromatic heterocycles. The minimum atomic E-state index is -0.828. The lowest BCUT2D eigenvalue weighted by atomic mass is 9.90. The molecule has 142 valence electrons. The molecule has 7 heteroatoms. The lowest BCUT2D eigenvalue weighted by Crippen LogP contribution is -2.49. The van der Waals surface area contributed by atoms with Crippen molar-refractivity contribution in [3.63, 3.8) is 0 Å². The predicted molar refractivity (Wildman–Crippen MR) is 94.2 cm³/mol. The van der Waals surface area contributed by atoms with E-state index in [9.17, 15) is 19.5 Å². The molecular weight excluding hydrogens is 322 g/mol. The van der Waals surface area contributed by atoms with Crippen LogP contribution in [0.5, 0.6) is 0 Å². The maximum absolute atomic E-state index is 12.3. The highest BCUT2D eigenvalue weighted by molar-refractivity contribution is 5.79. The van der Waals surface area contributed by atoms with Crippen molar-refractivity contribution in [3.8, 4) is 0 Å². The van der Waals surface area contributed by atoms with Crippen LogP contribution in [0.1, 0.15) is 64.7 Å². The first-order chi connectivity index (χ1) is 12.0. The molecule has 3 amide bonds. The number of hydrogen-bond acceptors (Lipinski definition) is 3. The predicted octanol–water partition coefficient (Wildman–Crippen LogP) is 2.11. The molecule has 1 saturated carbocycles. The molecule has 1 saturated heterocycles. The van der Waals surface area contributed by atoms with Gasteiger partial charge >= 0.3 is 12.0 Å². The number of carbonyl (C=O) groups excluding carboxylic acids is 2. The van der Waals surface area contributed by atoms with Crippen molar-refractivity contribution in [3.05, 3.63) is 0 Å². The molecule has 7 nitrogen and oxygen atoms in total. The summed E-state index contributed by atoms with van der Waals surface area (Å²) in [6.07, 6.45) is 7.94. The zero-order valence-electron chi connectivity index (χ0n) is 15.1. The Morgan fingerprint density at radius 1 is 1.08 bits per heavy atom. The Morgan fingerprint density at radius 2 is 1.80 bits per heavy atom. The van der Waals surface area contributed by atoms with Gasteiger partial charge in [0.1, 0.15) is 0 Å². The molecule has 3 N–H and O–H groups in total. The van der Waals surface area contributed by atoms with Crippen molar-refractivity contribution >= 4 is 17.9 Å². The van der Waals surface area contributed by atoms with Crippen LogP contribution in [0.3, 0.4) is 0 Å². The van der Waals surface area contributed by atoms with Crippen molar-refractivity contribution in [1.29, 1.82) is 0 Å². The summed E-state index contributed by atoms with van der Waals surface area (Å²) in [5, 5.41) is 15.0. The van der Waals surface area contributed by atoms with Gasteiger partial charge in [-0.05, 0) is 39.0 Å². The molecule has 0 radical (unpaired) electrons. The van der Waals surface area contributed by atoms with Crippen LogP contribution >= 0.6 is 0 Å². The first-order valence-corrected chi connectivity index (χ1v) is 9.55. The summed E-state index contributed by atoms with van der Waals surface area (Å²) < 4.78 is 0. The van der Waals surface area contributed by atoms with E-state index in [0.717, 1.165) is 19.3 Å². The zero-order chi connectivity index (χ0) is 18.2. The highest BCUT2D eigenvalue weighted by atomic mass is 16.4.